The van der Waals surface area contributed by atoms with Crippen LogP contribution in [-0.4, -0.2) is 14.1 Å². The Kier molecular flexibility index (Phi) is 8.16. The molecule has 0 saturated carbocycles. The monoisotopic (exact) mass is 794 g/mol. The van der Waals surface area contributed by atoms with Crippen molar-refractivity contribution >= 4 is 49.8 Å². The van der Waals surface area contributed by atoms with Gasteiger partial charge >= 0.3 is 0 Å². The van der Waals surface area contributed by atoms with Gasteiger partial charge in [-0.25, -0.2) is 0 Å². The Morgan fingerprint density at radius 1 is 0.403 bits per heavy atom. The summed E-state index contributed by atoms with van der Waals surface area (Å²) in [5.41, 5.74) is 18.5. The molecule has 4 heteroatoms. The summed E-state index contributed by atoms with van der Waals surface area (Å²) in [5, 5.41) is 3.70. The summed E-state index contributed by atoms with van der Waals surface area (Å²) in [5.74, 6) is 0. The molecule has 8 aromatic carbocycles. The summed E-state index contributed by atoms with van der Waals surface area (Å²) in [6.07, 6.45) is 4.07. The maximum Gasteiger partial charge on any atom is 0.0702 e. The lowest BCUT2D eigenvalue weighted by Gasteiger charge is -2.42. The zero-order valence-electron chi connectivity index (χ0n) is 34.6. The smallest absolute Gasteiger partial charge is 0.0702 e. The Bertz CT molecular complexity index is 3460. The van der Waals surface area contributed by atoms with E-state index in [1.807, 2.05) is 12.3 Å². The number of nitrogens with zero attached hydrogens (tertiary/aromatic N) is 4. The molecule has 4 heterocycles. The third-order valence-electron chi connectivity index (χ3n) is 13.0. The van der Waals surface area contributed by atoms with E-state index in [0.29, 0.717) is 0 Å². The number of benzene rings is 8. The van der Waals surface area contributed by atoms with E-state index >= 15 is 0 Å². The fourth-order valence-corrected chi connectivity index (χ4v) is 9.89. The van der Waals surface area contributed by atoms with Crippen molar-refractivity contribution in [3.63, 3.8) is 0 Å². The van der Waals surface area contributed by atoms with Crippen LogP contribution in [0.1, 0.15) is 25.0 Å². The van der Waals surface area contributed by atoms with Crippen LogP contribution in [-0.2, 0) is 5.41 Å². The van der Waals surface area contributed by atoms with Gasteiger partial charge in [0, 0.05) is 56.6 Å². The zero-order valence-corrected chi connectivity index (χ0v) is 34.6. The molecule has 0 atom stereocenters. The van der Waals surface area contributed by atoms with Gasteiger partial charge in [0.05, 0.1) is 33.6 Å². The molecule has 0 bridgehead atoms. The van der Waals surface area contributed by atoms with Gasteiger partial charge < -0.3 is 14.0 Å². The first-order valence-corrected chi connectivity index (χ1v) is 21.4. The molecule has 0 amide bonds. The summed E-state index contributed by atoms with van der Waals surface area (Å²) in [6.45, 7) is 4.74. The van der Waals surface area contributed by atoms with Gasteiger partial charge in [0.1, 0.15) is 0 Å². The molecule has 1 aliphatic rings. The maximum atomic E-state index is 4.74. The van der Waals surface area contributed by atoms with Crippen LogP contribution in [0.4, 0.5) is 17.1 Å². The van der Waals surface area contributed by atoms with Crippen LogP contribution in [0.15, 0.2) is 219 Å². The molecule has 1 aliphatic heterocycles. The van der Waals surface area contributed by atoms with Crippen LogP contribution in [0.25, 0.3) is 77.6 Å². The van der Waals surface area contributed by atoms with Gasteiger partial charge in [-0.3, -0.25) is 4.98 Å². The van der Waals surface area contributed by atoms with Gasteiger partial charge in [0.25, 0.3) is 0 Å². The molecular formula is C58H42N4. The van der Waals surface area contributed by atoms with E-state index in [-0.39, 0.29) is 5.41 Å². The van der Waals surface area contributed by atoms with Crippen molar-refractivity contribution in [1.29, 1.82) is 0 Å². The Morgan fingerprint density at radius 3 is 1.69 bits per heavy atom. The number of para-hydroxylation sites is 2. The van der Waals surface area contributed by atoms with Crippen molar-refractivity contribution in [3.8, 4) is 44.9 Å². The average molecular weight is 795 g/mol. The number of pyridine rings is 1. The minimum atomic E-state index is -0.309. The van der Waals surface area contributed by atoms with E-state index in [4.69, 9.17) is 4.98 Å². The van der Waals surface area contributed by atoms with E-state index in [1.54, 1.807) is 0 Å². The highest BCUT2D eigenvalue weighted by Crippen LogP contribution is 2.53. The Balaban J connectivity index is 1.03. The predicted octanol–water partition coefficient (Wildman–Crippen LogP) is 15.2. The van der Waals surface area contributed by atoms with Gasteiger partial charge in [-0.2, -0.15) is 0 Å². The molecule has 62 heavy (non-hydrogen) atoms. The summed E-state index contributed by atoms with van der Waals surface area (Å²) >= 11 is 0. The molecule has 0 aliphatic carbocycles. The lowest BCUT2D eigenvalue weighted by atomic mass is 9.72. The van der Waals surface area contributed by atoms with E-state index in [9.17, 15) is 0 Å². The molecule has 0 saturated heterocycles. The zero-order chi connectivity index (χ0) is 41.4. The summed E-state index contributed by atoms with van der Waals surface area (Å²) < 4.78 is 4.74. The van der Waals surface area contributed by atoms with Gasteiger partial charge in [0.15, 0.2) is 0 Å². The second-order valence-electron chi connectivity index (χ2n) is 16.9. The highest BCUT2D eigenvalue weighted by atomic mass is 15.2. The van der Waals surface area contributed by atoms with Crippen molar-refractivity contribution in [3.05, 3.63) is 230 Å². The van der Waals surface area contributed by atoms with Crippen molar-refractivity contribution in [1.82, 2.24) is 14.1 Å². The normalized spacial score (nSPS) is 13.1. The summed E-state index contributed by atoms with van der Waals surface area (Å²) in [4.78, 5) is 7.19. The van der Waals surface area contributed by atoms with E-state index in [1.165, 1.54) is 77.5 Å². The fraction of sp³-hybridized carbons (Fsp3) is 0.0517. The van der Waals surface area contributed by atoms with Crippen LogP contribution in [0.3, 0.4) is 0 Å². The van der Waals surface area contributed by atoms with Crippen molar-refractivity contribution in [2.45, 2.75) is 19.3 Å². The summed E-state index contributed by atoms with van der Waals surface area (Å²) in [7, 11) is 0. The van der Waals surface area contributed by atoms with Gasteiger partial charge in [-0.15, -0.1) is 0 Å². The first-order chi connectivity index (χ1) is 30.5. The molecule has 3 aromatic heterocycles. The number of fused-ring (bicyclic) bond motifs is 7. The lowest BCUT2D eigenvalue weighted by Crippen LogP contribution is -2.30. The van der Waals surface area contributed by atoms with E-state index in [0.717, 1.165) is 28.3 Å². The van der Waals surface area contributed by atoms with Crippen LogP contribution in [0, 0.1) is 0 Å². The topological polar surface area (TPSA) is 26.0 Å². The molecule has 11 aromatic rings. The first kappa shape index (κ1) is 35.9. The summed E-state index contributed by atoms with van der Waals surface area (Å²) in [6, 6.07) is 74.9. The molecule has 0 radical (unpaired) electrons. The quantitative estimate of drug-likeness (QED) is 0.168. The number of aromatic nitrogens is 3. The molecule has 0 fully saturated rings. The second-order valence-corrected chi connectivity index (χ2v) is 16.9. The van der Waals surface area contributed by atoms with Crippen LogP contribution in [0.5, 0.6) is 0 Å². The molecular weight excluding hydrogens is 753 g/mol. The molecule has 0 N–H and O–H groups in total. The third kappa shape index (κ3) is 5.64. The van der Waals surface area contributed by atoms with Crippen molar-refractivity contribution in [2.24, 2.45) is 0 Å². The minimum absolute atomic E-state index is 0.309. The number of anilines is 3. The molecule has 0 spiro atoms. The Hall–Kier alpha value is -7.95. The average Bonchev–Trinajstić information content (AvgIpc) is 3.92. The van der Waals surface area contributed by atoms with E-state index in [2.05, 4.69) is 234 Å². The van der Waals surface area contributed by atoms with Gasteiger partial charge in [-0.05, 0) is 130 Å². The van der Waals surface area contributed by atoms with Crippen molar-refractivity contribution < 1.29 is 0 Å². The second kappa shape index (κ2) is 14.1. The number of hydrogen-bond acceptors (Lipinski definition) is 2. The van der Waals surface area contributed by atoms with Crippen LogP contribution >= 0.6 is 0 Å². The standard InChI is InChI=1S/C58H42N4/c1-58(2)50-37-42(24-30-55(50)61(46-26-21-40(22-27-46)39-14-6-3-7-15-39)56-31-25-43(38-51(56)58)52-20-12-13-34-59-52)41-23-29-54-49(36-41)47-28-32-53-48(33-35-60(53)44-16-8-4-9-17-44)57(47)62(54)45-18-10-5-11-19-45/h3-38H,1-2H3. The number of rotatable bonds is 6. The predicted molar refractivity (Wildman–Crippen MR) is 259 cm³/mol. The Labute approximate surface area is 361 Å². The van der Waals surface area contributed by atoms with Crippen LogP contribution in [0.2, 0.25) is 0 Å². The molecule has 12 rings (SSSR count). The first-order valence-electron chi connectivity index (χ1n) is 21.4. The van der Waals surface area contributed by atoms with Crippen molar-refractivity contribution in [2.75, 3.05) is 4.90 Å². The SMILES string of the molecule is CC1(C)c2cc(-c3ccc4c(c3)c3ccc5c(ccn5-c5ccccc5)c3n4-c3ccccc3)ccc2N(c2ccc(-c3ccccc3)cc2)c2ccc(-c3ccccn3)cc21. The van der Waals surface area contributed by atoms with E-state index < -0.39 is 0 Å². The van der Waals surface area contributed by atoms with Gasteiger partial charge in [-0.1, -0.05) is 123 Å². The minimum Gasteiger partial charge on any atom is -0.316 e. The molecule has 4 nitrogen and oxygen atoms in total. The number of hydrogen-bond donors (Lipinski definition) is 0. The largest absolute Gasteiger partial charge is 0.316 e. The molecule has 294 valence electrons. The van der Waals surface area contributed by atoms with Gasteiger partial charge in [0.2, 0.25) is 0 Å². The fourth-order valence-electron chi connectivity index (χ4n) is 9.89. The highest BCUT2D eigenvalue weighted by molar-refractivity contribution is 6.19. The maximum absolute atomic E-state index is 4.74. The lowest BCUT2D eigenvalue weighted by molar-refractivity contribution is 0.632. The highest BCUT2D eigenvalue weighted by Gasteiger charge is 2.37. The molecule has 0 unspecified atom stereocenters. The Morgan fingerprint density at radius 2 is 0.984 bits per heavy atom. The third-order valence-corrected chi connectivity index (χ3v) is 13.0. The van der Waals surface area contributed by atoms with Crippen LogP contribution < -0.4 is 4.90 Å².